The van der Waals surface area contributed by atoms with Crippen LogP contribution in [0.2, 0.25) is 5.02 Å². The van der Waals surface area contributed by atoms with Crippen molar-refractivity contribution in [3.63, 3.8) is 0 Å². The Kier molecular flexibility index (Phi) is 7.84. The highest BCUT2D eigenvalue weighted by Gasteiger charge is 2.47. The summed E-state index contributed by atoms with van der Waals surface area (Å²) in [5.41, 5.74) is 2.71. The zero-order chi connectivity index (χ0) is 24.3. The van der Waals surface area contributed by atoms with E-state index in [4.69, 9.17) is 30.5 Å². The number of halogens is 1. The second-order valence-electron chi connectivity index (χ2n) is 9.32. The average molecular weight is 493 g/mol. The van der Waals surface area contributed by atoms with Crippen molar-refractivity contribution < 1.29 is 34.3 Å². The lowest BCUT2D eigenvalue weighted by Crippen LogP contribution is -2.55. The summed E-state index contributed by atoms with van der Waals surface area (Å²) in [5.74, 6) is -0.483. The van der Waals surface area contributed by atoms with Crippen LogP contribution < -0.4 is 4.74 Å². The highest BCUT2D eigenvalue weighted by Crippen LogP contribution is 2.40. The van der Waals surface area contributed by atoms with Gasteiger partial charge in [0.25, 0.3) is 0 Å². The van der Waals surface area contributed by atoms with Crippen LogP contribution in [0, 0.1) is 5.41 Å². The van der Waals surface area contributed by atoms with Crippen LogP contribution in [-0.4, -0.2) is 67.2 Å². The minimum atomic E-state index is -1.30. The summed E-state index contributed by atoms with van der Waals surface area (Å²) in [5, 5.41) is 30.7. The van der Waals surface area contributed by atoms with Gasteiger partial charge in [-0.25, -0.2) is 0 Å². The number of aliphatic hydroxyl groups excluding tert-OH is 3. The molecular weight excluding hydrogens is 460 g/mol. The highest BCUT2D eigenvalue weighted by atomic mass is 35.5. The number of hydrogen-bond acceptors (Lipinski definition) is 7. The van der Waals surface area contributed by atoms with Gasteiger partial charge in [-0.05, 0) is 48.2 Å². The lowest BCUT2D eigenvalue weighted by Gasteiger charge is -2.44. The second kappa shape index (κ2) is 10.5. The molecule has 34 heavy (non-hydrogen) atoms. The third-order valence-corrected chi connectivity index (χ3v) is 7.39. The van der Waals surface area contributed by atoms with Crippen LogP contribution in [0.15, 0.2) is 42.5 Å². The highest BCUT2D eigenvalue weighted by molar-refractivity contribution is 6.31. The Labute approximate surface area is 205 Å². The molecule has 0 spiro atoms. The van der Waals surface area contributed by atoms with Gasteiger partial charge in [-0.2, -0.15) is 0 Å². The topological polar surface area (TPSA) is 97.6 Å². The van der Waals surface area contributed by atoms with Crippen molar-refractivity contribution >= 4 is 11.6 Å². The van der Waals surface area contributed by atoms with Crippen molar-refractivity contribution in [2.45, 2.75) is 50.3 Å². The van der Waals surface area contributed by atoms with Crippen molar-refractivity contribution in [2.75, 3.05) is 33.5 Å². The minimum Gasteiger partial charge on any atom is -0.493 e. The van der Waals surface area contributed by atoms with Gasteiger partial charge in [-0.1, -0.05) is 36.7 Å². The van der Waals surface area contributed by atoms with Crippen LogP contribution in [0.1, 0.15) is 36.5 Å². The van der Waals surface area contributed by atoms with E-state index in [9.17, 15) is 15.3 Å². The molecule has 8 heteroatoms. The normalized spacial score (nSPS) is 28.4. The van der Waals surface area contributed by atoms with Crippen LogP contribution in [0.3, 0.4) is 0 Å². The molecule has 2 saturated heterocycles. The Hall–Kier alpha value is -1.71. The van der Waals surface area contributed by atoms with Crippen molar-refractivity contribution in [1.82, 2.24) is 0 Å². The van der Waals surface area contributed by atoms with Crippen LogP contribution in [-0.2, 0) is 26.4 Å². The summed E-state index contributed by atoms with van der Waals surface area (Å²) in [6.45, 7) is 3.86. The van der Waals surface area contributed by atoms with E-state index in [0.717, 1.165) is 36.5 Å². The number of aliphatic hydroxyl groups is 3. The fraction of sp³-hybridized carbons (Fsp3) is 0.538. The first-order chi connectivity index (χ1) is 16.3. The summed E-state index contributed by atoms with van der Waals surface area (Å²) in [6.07, 6.45) is -1.62. The molecule has 186 valence electrons. The van der Waals surface area contributed by atoms with E-state index < -0.39 is 30.7 Å². The first-order valence-electron chi connectivity index (χ1n) is 11.6. The van der Waals surface area contributed by atoms with E-state index in [0.29, 0.717) is 23.6 Å². The van der Waals surface area contributed by atoms with E-state index in [1.807, 2.05) is 30.3 Å². The quantitative estimate of drug-likeness (QED) is 0.495. The predicted octanol–water partition coefficient (Wildman–Crippen LogP) is 3.04. The molecule has 0 bridgehead atoms. The Bertz CT molecular complexity index is 957. The monoisotopic (exact) mass is 492 g/mol. The fourth-order valence-electron chi connectivity index (χ4n) is 4.47. The first-order valence-corrected chi connectivity index (χ1v) is 12.0. The van der Waals surface area contributed by atoms with Gasteiger partial charge in [-0.3, -0.25) is 0 Å². The smallest absolute Gasteiger partial charge is 0.197 e. The number of rotatable bonds is 9. The molecule has 4 rings (SSSR count). The molecule has 2 aliphatic rings. The van der Waals surface area contributed by atoms with Gasteiger partial charge in [0, 0.05) is 24.1 Å². The van der Waals surface area contributed by atoms with Gasteiger partial charge >= 0.3 is 0 Å². The predicted molar refractivity (Wildman–Crippen MR) is 127 cm³/mol. The van der Waals surface area contributed by atoms with E-state index in [-0.39, 0.29) is 11.8 Å². The SMILES string of the molecule is CCC1(COc2ccc(Cc3cc([C@@]4(OC)C[C@@H](O)[C@H](O)[C@@H](CO)O4)ccc3Cl)cc2)COC1. The fourth-order valence-corrected chi connectivity index (χ4v) is 4.66. The van der Waals surface area contributed by atoms with Crippen molar-refractivity contribution in [2.24, 2.45) is 5.41 Å². The summed E-state index contributed by atoms with van der Waals surface area (Å²) < 4.78 is 23.0. The lowest BCUT2D eigenvalue weighted by molar-refractivity contribution is -0.323. The standard InChI is InChI=1S/C26H33ClO7/c1-3-25(14-32-15-25)16-33-20-7-4-17(5-8-20)10-18-11-19(6-9-21(18)27)26(31-2)12-22(29)24(30)23(13-28)34-26/h4-9,11,22-24,28-30H,3,10,12-16H2,1-2H3/t22-,23-,24+,26-/m1/s1. The second-order valence-corrected chi connectivity index (χ2v) is 9.73. The molecule has 2 fully saturated rings. The summed E-state index contributed by atoms with van der Waals surface area (Å²) >= 11 is 6.50. The van der Waals surface area contributed by atoms with Crippen LogP contribution >= 0.6 is 11.6 Å². The average Bonchev–Trinajstić information content (AvgIpc) is 2.83. The molecule has 0 aromatic heterocycles. The Balaban J connectivity index is 1.49. The largest absolute Gasteiger partial charge is 0.493 e. The summed E-state index contributed by atoms with van der Waals surface area (Å²) in [7, 11) is 1.48. The number of ether oxygens (including phenoxy) is 4. The zero-order valence-electron chi connectivity index (χ0n) is 19.6. The molecule has 0 radical (unpaired) electrons. The van der Waals surface area contributed by atoms with E-state index in [2.05, 4.69) is 6.92 Å². The first kappa shape index (κ1) is 25.4. The third kappa shape index (κ3) is 5.11. The molecule has 3 N–H and O–H groups in total. The molecule has 0 saturated carbocycles. The maximum absolute atomic E-state index is 10.4. The Morgan fingerprint density at radius 1 is 1.12 bits per heavy atom. The molecule has 2 aromatic carbocycles. The molecule has 0 amide bonds. The van der Waals surface area contributed by atoms with Gasteiger partial charge in [0.15, 0.2) is 5.79 Å². The van der Waals surface area contributed by atoms with Gasteiger partial charge in [0.1, 0.15) is 18.0 Å². The third-order valence-electron chi connectivity index (χ3n) is 7.02. The molecular formula is C26H33ClO7. The van der Waals surface area contributed by atoms with Crippen LogP contribution in [0.25, 0.3) is 0 Å². The zero-order valence-corrected chi connectivity index (χ0v) is 20.3. The molecule has 4 atom stereocenters. The summed E-state index contributed by atoms with van der Waals surface area (Å²) in [4.78, 5) is 0. The van der Waals surface area contributed by atoms with Crippen molar-refractivity contribution in [3.8, 4) is 5.75 Å². The molecule has 2 aliphatic heterocycles. The maximum atomic E-state index is 10.4. The number of hydrogen-bond donors (Lipinski definition) is 3. The van der Waals surface area contributed by atoms with Gasteiger partial charge in [0.05, 0.1) is 37.9 Å². The molecule has 2 heterocycles. The van der Waals surface area contributed by atoms with Crippen molar-refractivity contribution in [3.05, 3.63) is 64.2 Å². The van der Waals surface area contributed by atoms with E-state index in [1.54, 1.807) is 12.1 Å². The van der Waals surface area contributed by atoms with E-state index >= 15 is 0 Å². The molecule has 0 unspecified atom stereocenters. The van der Waals surface area contributed by atoms with Gasteiger partial charge in [-0.15, -0.1) is 0 Å². The Morgan fingerprint density at radius 2 is 1.85 bits per heavy atom. The number of methoxy groups -OCH3 is 1. The maximum Gasteiger partial charge on any atom is 0.197 e. The van der Waals surface area contributed by atoms with Crippen molar-refractivity contribution in [1.29, 1.82) is 0 Å². The van der Waals surface area contributed by atoms with Crippen LogP contribution in [0.5, 0.6) is 5.75 Å². The molecule has 7 nitrogen and oxygen atoms in total. The lowest BCUT2D eigenvalue weighted by atomic mass is 9.84. The molecule has 2 aromatic rings. The van der Waals surface area contributed by atoms with Crippen LogP contribution in [0.4, 0.5) is 0 Å². The minimum absolute atomic E-state index is 0.0264. The van der Waals surface area contributed by atoms with Gasteiger partial charge in [0.2, 0.25) is 0 Å². The molecule has 0 aliphatic carbocycles. The van der Waals surface area contributed by atoms with Gasteiger partial charge < -0.3 is 34.3 Å². The number of benzene rings is 2. The van der Waals surface area contributed by atoms with E-state index in [1.165, 1.54) is 7.11 Å². The Morgan fingerprint density at radius 3 is 2.44 bits per heavy atom. The summed E-state index contributed by atoms with van der Waals surface area (Å²) in [6, 6.07) is 13.4.